The summed E-state index contributed by atoms with van der Waals surface area (Å²) in [5, 5.41) is 0. The second-order valence-corrected chi connectivity index (χ2v) is 3.61. The normalized spacial score (nSPS) is 8.71. The van der Waals surface area contributed by atoms with Gasteiger partial charge in [0.05, 0.1) is 0 Å². The van der Waals surface area contributed by atoms with Crippen molar-refractivity contribution in [3.05, 3.63) is 30.3 Å². The van der Waals surface area contributed by atoms with E-state index in [9.17, 15) is 0 Å². The van der Waals surface area contributed by atoms with Crippen LogP contribution in [0.25, 0.3) is 0 Å². The Morgan fingerprint density at radius 2 is 1.57 bits per heavy atom. The van der Waals surface area contributed by atoms with Gasteiger partial charge in [0.15, 0.2) is 0 Å². The third-order valence-electron chi connectivity index (χ3n) is 0.774. The van der Waals surface area contributed by atoms with Gasteiger partial charge in [-0.1, -0.05) is 0 Å². The standard InChI is InChI=1S/C6H5.Pb/c1-2-4-6-5-3-1;/h1-5H;. The molecule has 1 aromatic rings. The van der Waals surface area contributed by atoms with Crippen LogP contribution in [0.4, 0.5) is 0 Å². The summed E-state index contributed by atoms with van der Waals surface area (Å²) in [4.78, 5) is 0. The third-order valence-corrected chi connectivity index (χ3v) is 2.07. The Labute approximate surface area is 59.2 Å². The molecule has 0 atom stereocenters. The molecule has 0 saturated carbocycles. The minimum atomic E-state index is 1.17. The van der Waals surface area contributed by atoms with Gasteiger partial charge in [0.1, 0.15) is 0 Å². The zero-order chi connectivity index (χ0) is 5.11. The van der Waals surface area contributed by atoms with Gasteiger partial charge in [0.25, 0.3) is 0 Å². The monoisotopic (exact) mass is 285 g/mol. The van der Waals surface area contributed by atoms with E-state index in [0.717, 1.165) is 0 Å². The first kappa shape index (κ1) is 5.28. The molecule has 0 saturated heterocycles. The molecule has 33 valence electrons. The van der Waals surface area contributed by atoms with Gasteiger partial charge < -0.3 is 0 Å². The summed E-state index contributed by atoms with van der Waals surface area (Å²) >= 11 is 1.17. The van der Waals surface area contributed by atoms with Crippen LogP contribution in [0, 0.1) is 0 Å². The minimum absolute atomic E-state index is 1.17. The molecular weight excluding hydrogens is 279 g/mol. The molecule has 0 heterocycles. The van der Waals surface area contributed by atoms with Crippen molar-refractivity contribution < 1.29 is 0 Å². The number of hydrogen-bond donors (Lipinski definition) is 0. The predicted molar refractivity (Wildman–Crippen MR) is 31.8 cm³/mol. The van der Waals surface area contributed by atoms with Crippen LogP contribution in [0.3, 0.4) is 0 Å². The molecule has 0 fully saturated rings. The Morgan fingerprint density at radius 1 is 1.00 bits per heavy atom. The topological polar surface area (TPSA) is 0 Å². The van der Waals surface area contributed by atoms with Gasteiger partial charge in [-0.2, -0.15) is 0 Å². The summed E-state index contributed by atoms with van der Waals surface area (Å²) in [5.41, 5.74) is 0. The average molecular weight is 284 g/mol. The molecule has 7 heavy (non-hydrogen) atoms. The van der Waals surface area contributed by atoms with E-state index >= 15 is 0 Å². The Bertz CT molecular complexity index is 134. The molecule has 0 spiro atoms. The number of hydrogen-bond acceptors (Lipinski definition) is 0. The Kier molecular flexibility index (Phi) is 1.85. The Balaban J connectivity index is 3.02. The molecule has 1 heteroatoms. The van der Waals surface area contributed by atoms with Crippen LogP contribution in [0.5, 0.6) is 0 Å². The fraction of sp³-hybridized carbons (Fsp3) is 0. The van der Waals surface area contributed by atoms with Crippen molar-refractivity contribution in [2.45, 2.75) is 0 Å². The van der Waals surface area contributed by atoms with Crippen molar-refractivity contribution in [2.75, 3.05) is 0 Å². The molecule has 0 aromatic heterocycles. The molecular formula is C6H5Pb. The van der Waals surface area contributed by atoms with Crippen LogP contribution < -0.4 is 3.12 Å². The van der Waals surface area contributed by atoms with Crippen molar-refractivity contribution in [3.63, 3.8) is 0 Å². The maximum atomic E-state index is 2.15. The van der Waals surface area contributed by atoms with Crippen LogP contribution >= 0.6 is 0 Å². The van der Waals surface area contributed by atoms with Crippen molar-refractivity contribution in [1.29, 1.82) is 0 Å². The summed E-state index contributed by atoms with van der Waals surface area (Å²) in [5.74, 6) is 0. The molecule has 0 aliphatic heterocycles. The Morgan fingerprint density at radius 3 is 1.86 bits per heavy atom. The first-order chi connectivity index (χ1) is 3.39. The molecule has 1 aromatic carbocycles. The maximum absolute atomic E-state index is 2.15. The van der Waals surface area contributed by atoms with E-state index in [-0.39, 0.29) is 0 Å². The van der Waals surface area contributed by atoms with Crippen LogP contribution in [0.2, 0.25) is 0 Å². The molecule has 0 nitrogen and oxygen atoms in total. The summed E-state index contributed by atoms with van der Waals surface area (Å²) < 4.78 is 1.46. The van der Waals surface area contributed by atoms with Gasteiger partial charge in [0, 0.05) is 0 Å². The van der Waals surface area contributed by atoms with Gasteiger partial charge in [0.2, 0.25) is 0 Å². The zero-order valence-electron chi connectivity index (χ0n) is 3.89. The van der Waals surface area contributed by atoms with Crippen molar-refractivity contribution >= 4 is 28.9 Å². The van der Waals surface area contributed by atoms with Crippen molar-refractivity contribution in [3.8, 4) is 0 Å². The second kappa shape index (κ2) is 2.45. The van der Waals surface area contributed by atoms with Crippen molar-refractivity contribution in [1.82, 2.24) is 0 Å². The molecule has 0 aliphatic carbocycles. The van der Waals surface area contributed by atoms with Gasteiger partial charge in [-0.25, -0.2) is 0 Å². The molecule has 0 amide bonds. The van der Waals surface area contributed by atoms with E-state index in [1.54, 1.807) is 0 Å². The molecule has 0 N–H and O–H groups in total. The van der Waals surface area contributed by atoms with E-state index < -0.39 is 0 Å². The van der Waals surface area contributed by atoms with E-state index in [1.165, 1.54) is 28.9 Å². The summed E-state index contributed by atoms with van der Waals surface area (Å²) in [6, 6.07) is 10.5. The first-order valence-electron chi connectivity index (χ1n) is 2.16. The zero-order valence-corrected chi connectivity index (χ0v) is 7.77. The molecule has 0 unspecified atom stereocenters. The second-order valence-electron chi connectivity index (χ2n) is 1.37. The quantitative estimate of drug-likeness (QED) is 0.608. The van der Waals surface area contributed by atoms with E-state index in [2.05, 4.69) is 24.3 Å². The predicted octanol–water partition coefficient (Wildman–Crippen LogP) is 0.480. The molecule has 3 radical (unpaired) electrons. The fourth-order valence-electron chi connectivity index (χ4n) is 0.438. The van der Waals surface area contributed by atoms with Gasteiger partial charge in [-0.3, -0.25) is 0 Å². The summed E-state index contributed by atoms with van der Waals surface area (Å²) in [6.45, 7) is 0. The molecule has 1 rings (SSSR count). The molecule has 0 bridgehead atoms. The summed E-state index contributed by atoms with van der Waals surface area (Å²) in [7, 11) is 0. The molecule has 0 aliphatic rings. The first-order valence-corrected chi connectivity index (χ1v) is 4.10. The number of rotatable bonds is 0. The van der Waals surface area contributed by atoms with E-state index in [0.29, 0.717) is 0 Å². The number of benzene rings is 1. The third kappa shape index (κ3) is 1.59. The fourth-order valence-corrected chi connectivity index (χ4v) is 1.19. The average Bonchev–Trinajstić information content (AvgIpc) is 1.69. The SMILES string of the molecule is [Pb][c]1ccccc1. The van der Waals surface area contributed by atoms with Crippen LogP contribution in [-0.2, 0) is 0 Å². The van der Waals surface area contributed by atoms with E-state index in [1.807, 2.05) is 6.07 Å². The Hall–Kier alpha value is 0.142. The van der Waals surface area contributed by atoms with Crippen LogP contribution in [-0.4, -0.2) is 25.8 Å². The van der Waals surface area contributed by atoms with Gasteiger partial charge >= 0.3 is 59.2 Å². The van der Waals surface area contributed by atoms with Crippen LogP contribution in [0.1, 0.15) is 0 Å². The van der Waals surface area contributed by atoms with Crippen molar-refractivity contribution in [2.24, 2.45) is 0 Å². The van der Waals surface area contributed by atoms with Crippen LogP contribution in [0.15, 0.2) is 30.3 Å². The van der Waals surface area contributed by atoms with E-state index in [4.69, 9.17) is 0 Å². The van der Waals surface area contributed by atoms with Gasteiger partial charge in [-0.15, -0.1) is 0 Å². The van der Waals surface area contributed by atoms with Gasteiger partial charge in [-0.05, 0) is 0 Å². The summed E-state index contributed by atoms with van der Waals surface area (Å²) in [6.07, 6.45) is 0.